The molecule has 0 aliphatic carbocycles. The van der Waals surface area contributed by atoms with Crippen LogP contribution in [0.3, 0.4) is 0 Å². The minimum atomic E-state index is -3.89. The normalized spacial score (nSPS) is 19.8. The van der Waals surface area contributed by atoms with E-state index in [9.17, 15) is 18.0 Å². The minimum absolute atomic E-state index is 0.00667. The van der Waals surface area contributed by atoms with Gasteiger partial charge in [-0.15, -0.1) is 0 Å². The molecular formula is C30H38N6O5S. The van der Waals surface area contributed by atoms with Gasteiger partial charge in [-0.05, 0) is 62.4 Å². The van der Waals surface area contributed by atoms with E-state index in [2.05, 4.69) is 19.8 Å². The molecule has 1 saturated heterocycles. The molecule has 2 atom stereocenters. The van der Waals surface area contributed by atoms with Crippen LogP contribution in [0.4, 0.5) is 5.69 Å². The molecule has 2 aliphatic rings. The van der Waals surface area contributed by atoms with Crippen molar-refractivity contribution in [1.29, 1.82) is 0 Å². The second kappa shape index (κ2) is 12.7. The van der Waals surface area contributed by atoms with Crippen LogP contribution in [-0.4, -0.2) is 71.9 Å². The van der Waals surface area contributed by atoms with Gasteiger partial charge in [0.1, 0.15) is 10.6 Å². The number of hydrogen-bond donors (Lipinski definition) is 1. The van der Waals surface area contributed by atoms with Crippen molar-refractivity contribution in [3.63, 3.8) is 0 Å². The Balaban J connectivity index is 1.40. The van der Waals surface area contributed by atoms with Crippen LogP contribution in [0.15, 0.2) is 58.2 Å². The lowest BCUT2D eigenvalue weighted by Gasteiger charge is -2.34. The molecule has 2 amide bonds. The van der Waals surface area contributed by atoms with Gasteiger partial charge < -0.3 is 14.3 Å². The monoisotopic (exact) mass is 594 g/mol. The molecule has 5 rings (SSSR count). The Labute approximate surface area is 246 Å². The maximum atomic E-state index is 13.8. The number of carbonyl (C=O) groups is 2. The van der Waals surface area contributed by atoms with E-state index in [1.807, 2.05) is 46.2 Å². The average Bonchev–Trinajstić information content (AvgIpc) is 3.49. The fourth-order valence-corrected chi connectivity index (χ4v) is 7.56. The van der Waals surface area contributed by atoms with Gasteiger partial charge in [0.15, 0.2) is 5.76 Å². The molecule has 12 heteroatoms. The van der Waals surface area contributed by atoms with E-state index in [0.29, 0.717) is 19.6 Å². The van der Waals surface area contributed by atoms with Crippen LogP contribution in [0, 0.1) is 13.8 Å². The van der Waals surface area contributed by atoms with Crippen LogP contribution in [0.1, 0.15) is 55.2 Å². The molecule has 0 saturated carbocycles. The molecule has 3 aromatic rings. The Morgan fingerprint density at radius 2 is 1.79 bits per heavy atom. The molecule has 0 unspecified atom stereocenters. The number of amides is 2. The van der Waals surface area contributed by atoms with Crippen molar-refractivity contribution < 1.29 is 22.5 Å². The van der Waals surface area contributed by atoms with E-state index in [0.717, 1.165) is 42.6 Å². The van der Waals surface area contributed by atoms with Crippen LogP contribution in [0.5, 0.6) is 0 Å². The van der Waals surface area contributed by atoms with Gasteiger partial charge in [0, 0.05) is 76.2 Å². The van der Waals surface area contributed by atoms with E-state index in [1.165, 1.54) is 0 Å². The van der Waals surface area contributed by atoms with E-state index < -0.39 is 10.0 Å². The van der Waals surface area contributed by atoms with Crippen LogP contribution >= 0.6 is 0 Å². The largest absolute Gasteiger partial charge is 0.360 e. The number of fused-ring (bicyclic) bond motifs is 3. The molecule has 1 N–H and O–H groups in total. The molecule has 1 fully saturated rings. The van der Waals surface area contributed by atoms with E-state index in [4.69, 9.17) is 4.52 Å². The summed E-state index contributed by atoms with van der Waals surface area (Å²) in [6, 6.07) is 12.1. The quantitative estimate of drug-likeness (QED) is 0.442. The van der Waals surface area contributed by atoms with Crippen molar-refractivity contribution in [3.05, 3.63) is 71.4 Å². The van der Waals surface area contributed by atoms with Gasteiger partial charge in [-0.25, -0.2) is 13.1 Å². The predicted octanol–water partition coefficient (Wildman–Crippen LogP) is 3.17. The van der Waals surface area contributed by atoms with Gasteiger partial charge in [0.25, 0.3) is 0 Å². The zero-order valence-corrected chi connectivity index (χ0v) is 25.1. The third kappa shape index (κ3) is 6.55. The number of rotatable bonds is 7. The SMILES string of the molecule is CC(=O)N1CC[C@H]2CC[C@@H](CN(C(=O)CCNS(=O)(=O)c3c(C)noc3C)Cc3ccccc31)N2Cc1ccncc1. The maximum absolute atomic E-state index is 13.8. The first-order valence-electron chi connectivity index (χ1n) is 14.3. The van der Waals surface area contributed by atoms with E-state index in [1.54, 1.807) is 33.2 Å². The van der Waals surface area contributed by atoms with Crippen LogP contribution in [0.2, 0.25) is 0 Å². The Bertz CT molecular complexity index is 1510. The summed E-state index contributed by atoms with van der Waals surface area (Å²) in [5, 5.41) is 3.74. The summed E-state index contributed by atoms with van der Waals surface area (Å²) in [5.41, 5.74) is 3.11. The lowest BCUT2D eigenvalue weighted by atomic mass is 10.1. The van der Waals surface area contributed by atoms with Crippen LogP contribution in [0.25, 0.3) is 0 Å². The molecule has 2 bridgehead atoms. The first kappa shape index (κ1) is 29.9. The molecule has 11 nitrogen and oxygen atoms in total. The smallest absolute Gasteiger partial charge is 0.245 e. The van der Waals surface area contributed by atoms with Crippen molar-refractivity contribution in [1.82, 2.24) is 24.7 Å². The Morgan fingerprint density at radius 1 is 1.05 bits per heavy atom. The van der Waals surface area contributed by atoms with Crippen molar-refractivity contribution in [2.24, 2.45) is 0 Å². The number of carbonyl (C=O) groups excluding carboxylic acids is 2. The highest BCUT2D eigenvalue weighted by Crippen LogP contribution is 2.32. The number of nitrogens with zero attached hydrogens (tertiary/aromatic N) is 5. The topological polar surface area (TPSA) is 129 Å². The van der Waals surface area contributed by atoms with Gasteiger partial charge in [-0.3, -0.25) is 19.5 Å². The van der Waals surface area contributed by atoms with Gasteiger partial charge in [0.2, 0.25) is 21.8 Å². The summed E-state index contributed by atoms with van der Waals surface area (Å²) in [6.07, 6.45) is 6.30. The third-order valence-electron chi connectivity index (χ3n) is 8.25. The highest BCUT2D eigenvalue weighted by molar-refractivity contribution is 7.89. The van der Waals surface area contributed by atoms with Gasteiger partial charge in [0.05, 0.1) is 0 Å². The van der Waals surface area contributed by atoms with Crippen molar-refractivity contribution in [2.75, 3.05) is 24.5 Å². The summed E-state index contributed by atoms with van der Waals surface area (Å²) in [7, 11) is -3.89. The number of hydrogen-bond acceptors (Lipinski definition) is 8. The molecule has 1 aromatic carbocycles. The van der Waals surface area contributed by atoms with Gasteiger partial charge in [-0.1, -0.05) is 23.4 Å². The van der Waals surface area contributed by atoms with Crippen LogP contribution < -0.4 is 9.62 Å². The second-order valence-electron chi connectivity index (χ2n) is 11.1. The number of nitrogens with one attached hydrogen (secondary N) is 1. The summed E-state index contributed by atoms with van der Waals surface area (Å²) in [4.78, 5) is 36.9. The molecule has 0 spiro atoms. The lowest BCUT2D eigenvalue weighted by Crippen LogP contribution is -2.45. The average molecular weight is 595 g/mol. The number of anilines is 1. The van der Waals surface area contributed by atoms with Crippen LogP contribution in [-0.2, 0) is 32.7 Å². The molecule has 224 valence electrons. The van der Waals surface area contributed by atoms with Crippen molar-refractivity contribution in [2.45, 2.75) is 76.5 Å². The number of benzene rings is 1. The summed E-state index contributed by atoms with van der Waals surface area (Å²) in [5.74, 6) is 0.00548. The number of para-hydroxylation sites is 1. The molecule has 42 heavy (non-hydrogen) atoms. The number of pyridine rings is 1. The number of aryl methyl sites for hydroxylation is 2. The summed E-state index contributed by atoms with van der Waals surface area (Å²) >= 11 is 0. The minimum Gasteiger partial charge on any atom is -0.360 e. The predicted molar refractivity (Wildman–Crippen MR) is 157 cm³/mol. The first-order chi connectivity index (χ1) is 20.1. The molecular weight excluding hydrogens is 556 g/mol. The molecule has 4 heterocycles. The van der Waals surface area contributed by atoms with E-state index >= 15 is 0 Å². The highest BCUT2D eigenvalue weighted by atomic mass is 32.2. The zero-order chi connectivity index (χ0) is 29.9. The second-order valence-corrected chi connectivity index (χ2v) is 12.8. The first-order valence-corrected chi connectivity index (χ1v) is 15.8. The summed E-state index contributed by atoms with van der Waals surface area (Å²) in [6.45, 7) is 6.78. The number of sulfonamides is 1. The van der Waals surface area contributed by atoms with Gasteiger partial charge >= 0.3 is 0 Å². The van der Waals surface area contributed by atoms with Gasteiger partial charge in [-0.2, -0.15) is 0 Å². The molecule has 2 aliphatic heterocycles. The Morgan fingerprint density at radius 3 is 2.50 bits per heavy atom. The molecule has 2 aromatic heterocycles. The zero-order valence-electron chi connectivity index (χ0n) is 24.3. The van der Waals surface area contributed by atoms with E-state index in [-0.39, 0.29) is 53.2 Å². The summed E-state index contributed by atoms with van der Waals surface area (Å²) < 4.78 is 33.4. The molecule has 0 radical (unpaired) electrons. The third-order valence-corrected chi connectivity index (χ3v) is 9.95. The standard InChI is InChI=1S/C30H38N6O5S/c1-21-30(22(2)41-33-21)42(39,40)32-16-12-29(38)34-19-25-6-4-5-7-28(25)35(23(3)37)17-13-26-8-9-27(20-34)36(26)18-24-10-14-31-15-11-24/h4-7,10-11,14-15,26-27,32H,8-9,12-13,16-20H2,1-3H3/t26-,27+/m1/s1. The Hall–Kier alpha value is -3.61. The Kier molecular flexibility index (Phi) is 9.05. The fourth-order valence-electron chi connectivity index (χ4n) is 6.21. The number of aromatic nitrogens is 2. The fraction of sp³-hybridized carbons (Fsp3) is 0.467. The van der Waals surface area contributed by atoms with Crippen molar-refractivity contribution in [3.8, 4) is 0 Å². The highest BCUT2D eigenvalue weighted by Gasteiger charge is 2.36. The maximum Gasteiger partial charge on any atom is 0.245 e. The lowest BCUT2D eigenvalue weighted by molar-refractivity contribution is -0.132. The van der Waals surface area contributed by atoms with Crippen molar-refractivity contribution >= 4 is 27.5 Å².